The van der Waals surface area contributed by atoms with E-state index in [1.807, 2.05) is 26.2 Å². The van der Waals surface area contributed by atoms with E-state index in [9.17, 15) is 9.18 Å². The Morgan fingerprint density at radius 1 is 1.04 bits per heavy atom. The summed E-state index contributed by atoms with van der Waals surface area (Å²) in [7, 11) is 4.10. The maximum atomic E-state index is 13.6. The number of nitrogens with one attached hydrogen (secondary N) is 2. The molecule has 0 aliphatic rings. The van der Waals surface area contributed by atoms with Crippen LogP contribution in [-0.2, 0) is 0 Å². The monoisotopic (exact) mass is 315 g/mol. The number of nitrogens with zero attached hydrogens (tertiary/aromatic N) is 1. The first-order chi connectivity index (χ1) is 11.1. The Hall–Kier alpha value is -2.40. The first-order valence-corrected chi connectivity index (χ1v) is 7.61. The summed E-state index contributed by atoms with van der Waals surface area (Å²) in [5.41, 5.74) is 1.67. The third-order valence-corrected chi connectivity index (χ3v) is 3.37. The molecule has 0 aliphatic carbocycles. The first-order valence-electron chi connectivity index (χ1n) is 7.61. The van der Waals surface area contributed by atoms with Gasteiger partial charge in [0.25, 0.3) is 5.91 Å². The maximum absolute atomic E-state index is 13.6. The number of rotatable bonds is 7. The van der Waals surface area contributed by atoms with Crippen molar-refractivity contribution in [2.75, 3.05) is 37.8 Å². The summed E-state index contributed by atoms with van der Waals surface area (Å²) in [5, 5.41) is 6.02. The minimum Gasteiger partial charge on any atom is -0.385 e. The van der Waals surface area contributed by atoms with Crippen molar-refractivity contribution in [3.8, 4) is 0 Å². The molecule has 2 N–H and O–H groups in total. The van der Waals surface area contributed by atoms with Crippen molar-refractivity contribution >= 4 is 17.3 Å². The summed E-state index contributed by atoms with van der Waals surface area (Å²) in [6.07, 6.45) is 1.05. The van der Waals surface area contributed by atoms with Gasteiger partial charge in [-0.1, -0.05) is 12.1 Å². The van der Waals surface area contributed by atoms with Crippen molar-refractivity contribution in [3.63, 3.8) is 0 Å². The second kappa shape index (κ2) is 8.29. The number of carbonyl (C=O) groups is 1. The minimum absolute atomic E-state index is 0.0402. The molecule has 0 unspecified atom stereocenters. The minimum atomic E-state index is -0.524. The van der Waals surface area contributed by atoms with E-state index in [1.165, 1.54) is 12.1 Å². The zero-order valence-corrected chi connectivity index (χ0v) is 13.5. The molecule has 0 fully saturated rings. The fourth-order valence-electron chi connectivity index (χ4n) is 2.14. The second-order valence-electron chi connectivity index (χ2n) is 5.59. The maximum Gasteiger partial charge on any atom is 0.258 e. The predicted octanol–water partition coefficient (Wildman–Crippen LogP) is 3.44. The number of carbonyl (C=O) groups excluding carboxylic acids is 1. The van der Waals surface area contributed by atoms with Crippen molar-refractivity contribution in [1.29, 1.82) is 0 Å². The van der Waals surface area contributed by atoms with Crippen molar-refractivity contribution in [1.82, 2.24) is 4.90 Å². The molecule has 0 saturated carbocycles. The zero-order chi connectivity index (χ0) is 16.7. The van der Waals surface area contributed by atoms with Gasteiger partial charge in [-0.2, -0.15) is 0 Å². The molecule has 1 amide bonds. The zero-order valence-electron chi connectivity index (χ0n) is 13.5. The Morgan fingerprint density at radius 2 is 1.70 bits per heavy atom. The van der Waals surface area contributed by atoms with Gasteiger partial charge in [0, 0.05) is 17.9 Å². The van der Waals surface area contributed by atoms with Crippen molar-refractivity contribution in [2.24, 2.45) is 0 Å². The van der Waals surface area contributed by atoms with Gasteiger partial charge in [-0.05, 0) is 63.5 Å². The van der Waals surface area contributed by atoms with Crippen LogP contribution >= 0.6 is 0 Å². The van der Waals surface area contributed by atoms with E-state index in [-0.39, 0.29) is 5.56 Å². The fourth-order valence-corrected chi connectivity index (χ4v) is 2.14. The van der Waals surface area contributed by atoms with E-state index in [2.05, 4.69) is 15.5 Å². The average molecular weight is 315 g/mol. The molecule has 2 rings (SSSR count). The van der Waals surface area contributed by atoms with Crippen molar-refractivity contribution in [3.05, 3.63) is 59.9 Å². The molecule has 0 atom stereocenters. The fraction of sp³-hybridized carbons (Fsp3) is 0.278. The lowest BCUT2D eigenvalue weighted by molar-refractivity contribution is 0.102. The van der Waals surface area contributed by atoms with Crippen LogP contribution in [0, 0.1) is 5.82 Å². The Balaban J connectivity index is 1.87. The highest BCUT2D eigenvalue weighted by Gasteiger charge is 2.10. The van der Waals surface area contributed by atoms with Gasteiger partial charge in [0.1, 0.15) is 5.82 Å². The summed E-state index contributed by atoms with van der Waals surface area (Å²) in [6.45, 7) is 1.92. The lowest BCUT2D eigenvalue weighted by Crippen LogP contribution is -2.16. The number of hydrogen-bond donors (Lipinski definition) is 2. The van der Waals surface area contributed by atoms with Gasteiger partial charge in [0.15, 0.2) is 0 Å². The van der Waals surface area contributed by atoms with Crippen LogP contribution in [0.3, 0.4) is 0 Å². The molecule has 0 spiro atoms. The lowest BCUT2D eigenvalue weighted by Gasteiger charge is -2.11. The van der Waals surface area contributed by atoms with Crippen molar-refractivity contribution < 1.29 is 9.18 Å². The summed E-state index contributed by atoms with van der Waals surface area (Å²) >= 11 is 0. The Bertz CT molecular complexity index is 641. The molecule has 23 heavy (non-hydrogen) atoms. The summed E-state index contributed by atoms with van der Waals surface area (Å²) < 4.78 is 13.6. The van der Waals surface area contributed by atoms with Crippen LogP contribution in [0.15, 0.2) is 48.5 Å². The summed E-state index contributed by atoms with van der Waals surface area (Å²) in [6, 6.07) is 13.3. The molecule has 4 nitrogen and oxygen atoms in total. The molecule has 0 radical (unpaired) electrons. The molecule has 0 aromatic heterocycles. The number of amides is 1. The Kier molecular flexibility index (Phi) is 6.11. The molecular weight excluding hydrogens is 293 g/mol. The van der Waals surface area contributed by atoms with Crippen LogP contribution in [0.4, 0.5) is 15.8 Å². The van der Waals surface area contributed by atoms with Gasteiger partial charge in [-0.3, -0.25) is 4.79 Å². The van der Waals surface area contributed by atoms with Crippen LogP contribution in [0.5, 0.6) is 0 Å². The van der Waals surface area contributed by atoms with Crippen LogP contribution in [0.2, 0.25) is 0 Å². The van der Waals surface area contributed by atoms with Crippen LogP contribution < -0.4 is 10.6 Å². The smallest absolute Gasteiger partial charge is 0.258 e. The van der Waals surface area contributed by atoms with E-state index < -0.39 is 11.7 Å². The second-order valence-corrected chi connectivity index (χ2v) is 5.59. The Labute approximate surface area is 136 Å². The number of benzene rings is 2. The number of hydrogen-bond acceptors (Lipinski definition) is 3. The predicted molar refractivity (Wildman–Crippen MR) is 92.5 cm³/mol. The highest BCUT2D eigenvalue weighted by molar-refractivity contribution is 6.04. The van der Waals surface area contributed by atoms with E-state index in [0.29, 0.717) is 5.69 Å². The van der Waals surface area contributed by atoms with Gasteiger partial charge in [0.05, 0.1) is 5.56 Å². The van der Waals surface area contributed by atoms with Gasteiger partial charge in [-0.15, -0.1) is 0 Å². The molecule has 0 saturated heterocycles. The quantitative estimate of drug-likeness (QED) is 0.769. The summed E-state index contributed by atoms with van der Waals surface area (Å²) in [4.78, 5) is 14.2. The molecule has 0 heterocycles. The molecule has 0 bridgehead atoms. The average Bonchev–Trinajstić information content (AvgIpc) is 2.53. The Morgan fingerprint density at radius 3 is 2.35 bits per heavy atom. The van der Waals surface area contributed by atoms with Gasteiger partial charge >= 0.3 is 0 Å². The number of anilines is 2. The van der Waals surface area contributed by atoms with Gasteiger partial charge in [-0.25, -0.2) is 4.39 Å². The van der Waals surface area contributed by atoms with E-state index in [4.69, 9.17) is 0 Å². The van der Waals surface area contributed by atoms with Crippen LogP contribution in [0.1, 0.15) is 16.8 Å². The first kappa shape index (κ1) is 17.0. The standard InChI is InChI=1S/C18H22FN3O/c1-22(2)13-5-12-20-14-8-10-15(11-9-14)21-18(23)16-6-3-4-7-17(16)19/h3-4,6-11,20H,5,12-13H2,1-2H3,(H,21,23). The highest BCUT2D eigenvalue weighted by atomic mass is 19.1. The van der Waals surface area contributed by atoms with Gasteiger partial charge < -0.3 is 15.5 Å². The van der Waals surface area contributed by atoms with E-state index in [0.717, 1.165) is 25.2 Å². The summed E-state index contributed by atoms with van der Waals surface area (Å²) in [5.74, 6) is -0.973. The number of halogens is 1. The largest absolute Gasteiger partial charge is 0.385 e. The van der Waals surface area contributed by atoms with Gasteiger partial charge in [0.2, 0.25) is 0 Å². The molecule has 5 heteroatoms. The molecular formula is C18H22FN3O. The highest BCUT2D eigenvalue weighted by Crippen LogP contribution is 2.15. The van der Waals surface area contributed by atoms with Crippen LogP contribution in [-0.4, -0.2) is 38.0 Å². The molecule has 122 valence electrons. The molecule has 0 aliphatic heterocycles. The van der Waals surface area contributed by atoms with Crippen molar-refractivity contribution in [2.45, 2.75) is 6.42 Å². The van der Waals surface area contributed by atoms with E-state index in [1.54, 1.807) is 24.3 Å². The lowest BCUT2D eigenvalue weighted by atomic mass is 10.2. The van der Waals surface area contributed by atoms with E-state index >= 15 is 0 Å². The molecule has 2 aromatic carbocycles. The SMILES string of the molecule is CN(C)CCCNc1ccc(NC(=O)c2ccccc2F)cc1. The van der Waals surface area contributed by atoms with Crippen LogP contribution in [0.25, 0.3) is 0 Å². The third-order valence-electron chi connectivity index (χ3n) is 3.37. The molecule has 2 aromatic rings. The normalized spacial score (nSPS) is 10.6. The third kappa shape index (κ3) is 5.38. The topological polar surface area (TPSA) is 44.4 Å².